The molecular formula is C21H22N2. The molecule has 2 aromatic carbocycles. The smallest absolute Gasteiger partial charge is 0.0991 e. The Bertz CT molecular complexity index is 802. The van der Waals surface area contributed by atoms with Crippen molar-refractivity contribution in [2.24, 2.45) is 5.92 Å². The summed E-state index contributed by atoms with van der Waals surface area (Å²) < 4.78 is 0. The summed E-state index contributed by atoms with van der Waals surface area (Å²) in [6.07, 6.45) is 2.32. The Morgan fingerprint density at radius 1 is 1.17 bits per heavy atom. The van der Waals surface area contributed by atoms with Gasteiger partial charge in [0, 0.05) is 6.04 Å². The van der Waals surface area contributed by atoms with E-state index in [4.69, 9.17) is 5.26 Å². The standard InChI is InChI=1S/C21H22N2/c1-14-20-12-18-11-17(16-5-3-4-15(10-16)13-22)6-7-19(18)21(14,2)8-9-23-20/h3-7,10-11,14,20,23H,8-9,12H2,1-2H3/t14-,20-,21-/m1/s1. The molecular weight excluding hydrogens is 280 g/mol. The van der Waals surface area contributed by atoms with Gasteiger partial charge in [0.1, 0.15) is 0 Å². The van der Waals surface area contributed by atoms with E-state index in [1.54, 1.807) is 0 Å². The van der Waals surface area contributed by atoms with Crippen molar-refractivity contribution in [3.05, 3.63) is 59.2 Å². The molecule has 0 aromatic heterocycles. The van der Waals surface area contributed by atoms with E-state index < -0.39 is 0 Å². The van der Waals surface area contributed by atoms with Gasteiger partial charge in [-0.3, -0.25) is 0 Å². The molecule has 0 saturated carbocycles. The van der Waals surface area contributed by atoms with Gasteiger partial charge in [0.15, 0.2) is 0 Å². The van der Waals surface area contributed by atoms with Crippen molar-refractivity contribution < 1.29 is 0 Å². The monoisotopic (exact) mass is 302 g/mol. The molecule has 4 rings (SSSR count). The highest BCUT2D eigenvalue weighted by molar-refractivity contribution is 5.67. The number of hydrogen-bond donors (Lipinski definition) is 1. The second kappa shape index (κ2) is 5.22. The van der Waals surface area contributed by atoms with E-state index in [0.29, 0.717) is 12.0 Å². The number of benzene rings is 2. The van der Waals surface area contributed by atoms with Crippen molar-refractivity contribution in [3.63, 3.8) is 0 Å². The number of nitrogens with one attached hydrogen (secondary N) is 1. The Labute approximate surface area is 138 Å². The fourth-order valence-electron chi connectivity index (χ4n) is 4.50. The minimum absolute atomic E-state index is 0.288. The van der Waals surface area contributed by atoms with Gasteiger partial charge in [0.25, 0.3) is 0 Å². The summed E-state index contributed by atoms with van der Waals surface area (Å²) in [7, 11) is 0. The molecule has 0 spiro atoms. The number of rotatable bonds is 1. The first-order valence-corrected chi connectivity index (χ1v) is 8.49. The Morgan fingerprint density at radius 3 is 2.83 bits per heavy atom. The molecule has 0 radical (unpaired) electrons. The first-order valence-electron chi connectivity index (χ1n) is 8.49. The third kappa shape index (κ3) is 2.19. The zero-order chi connectivity index (χ0) is 16.0. The lowest BCUT2D eigenvalue weighted by Crippen LogP contribution is -2.56. The molecule has 1 N–H and O–H groups in total. The van der Waals surface area contributed by atoms with Crippen molar-refractivity contribution in [1.29, 1.82) is 5.26 Å². The first kappa shape index (κ1) is 14.5. The Balaban J connectivity index is 1.80. The van der Waals surface area contributed by atoms with Gasteiger partial charge in [0.05, 0.1) is 11.6 Å². The van der Waals surface area contributed by atoms with Crippen molar-refractivity contribution in [2.45, 2.75) is 38.1 Å². The topological polar surface area (TPSA) is 35.8 Å². The second-order valence-corrected chi connectivity index (χ2v) is 7.29. The summed E-state index contributed by atoms with van der Waals surface area (Å²) in [4.78, 5) is 0. The fraction of sp³-hybridized carbons (Fsp3) is 0.381. The molecule has 0 unspecified atom stereocenters. The van der Waals surface area contributed by atoms with Crippen molar-refractivity contribution in [2.75, 3.05) is 6.54 Å². The van der Waals surface area contributed by atoms with E-state index in [0.717, 1.165) is 24.1 Å². The highest BCUT2D eigenvalue weighted by atomic mass is 14.9. The molecule has 1 heterocycles. The normalized spacial score (nSPS) is 28.7. The quantitative estimate of drug-likeness (QED) is 0.863. The molecule has 23 heavy (non-hydrogen) atoms. The van der Waals surface area contributed by atoms with E-state index in [9.17, 15) is 0 Å². The molecule has 3 atom stereocenters. The van der Waals surface area contributed by atoms with Crippen molar-refractivity contribution >= 4 is 0 Å². The summed E-state index contributed by atoms with van der Waals surface area (Å²) >= 11 is 0. The summed E-state index contributed by atoms with van der Waals surface area (Å²) in [6, 6.07) is 17.6. The predicted octanol–water partition coefficient (Wildman–Crippen LogP) is 4.04. The van der Waals surface area contributed by atoms with Gasteiger partial charge in [-0.2, -0.15) is 5.26 Å². The average Bonchev–Trinajstić information content (AvgIpc) is 2.57. The number of piperidine rings is 1. The van der Waals surface area contributed by atoms with Crippen LogP contribution in [0.4, 0.5) is 0 Å². The maximum absolute atomic E-state index is 9.11. The summed E-state index contributed by atoms with van der Waals surface area (Å²) in [5.74, 6) is 0.677. The molecule has 116 valence electrons. The average molecular weight is 302 g/mol. The Hall–Kier alpha value is -2.11. The van der Waals surface area contributed by atoms with E-state index in [2.05, 4.69) is 49.5 Å². The molecule has 1 aliphatic heterocycles. The Kier molecular flexibility index (Phi) is 3.28. The molecule has 2 nitrogen and oxygen atoms in total. The van der Waals surface area contributed by atoms with Crippen LogP contribution in [0.3, 0.4) is 0 Å². The van der Waals surface area contributed by atoms with Gasteiger partial charge in [-0.15, -0.1) is 0 Å². The van der Waals surface area contributed by atoms with E-state index in [-0.39, 0.29) is 5.41 Å². The van der Waals surface area contributed by atoms with Gasteiger partial charge in [0.2, 0.25) is 0 Å². The van der Waals surface area contributed by atoms with Gasteiger partial charge >= 0.3 is 0 Å². The van der Waals surface area contributed by atoms with E-state index in [1.165, 1.54) is 23.1 Å². The lowest BCUT2D eigenvalue weighted by atomic mass is 9.59. The zero-order valence-corrected chi connectivity index (χ0v) is 13.8. The fourth-order valence-corrected chi connectivity index (χ4v) is 4.50. The van der Waals surface area contributed by atoms with Gasteiger partial charge in [-0.1, -0.05) is 44.2 Å². The van der Waals surface area contributed by atoms with Crippen LogP contribution in [0.1, 0.15) is 37.0 Å². The first-order chi connectivity index (χ1) is 11.1. The van der Waals surface area contributed by atoms with E-state index >= 15 is 0 Å². The summed E-state index contributed by atoms with van der Waals surface area (Å²) in [5.41, 5.74) is 6.37. The molecule has 1 aliphatic carbocycles. The van der Waals surface area contributed by atoms with Gasteiger partial charge < -0.3 is 5.32 Å². The van der Waals surface area contributed by atoms with Crippen molar-refractivity contribution in [3.8, 4) is 17.2 Å². The lowest BCUT2D eigenvalue weighted by Gasteiger charge is -2.50. The summed E-state index contributed by atoms with van der Waals surface area (Å²) in [6.45, 7) is 5.94. The SMILES string of the molecule is C[C@@H]1[C@H]2Cc3cc(-c4cccc(C#N)c4)ccc3[C@]1(C)CCN2. The van der Waals surface area contributed by atoms with Crippen molar-refractivity contribution in [1.82, 2.24) is 5.32 Å². The highest BCUT2D eigenvalue weighted by Crippen LogP contribution is 2.46. The van der Waals surface area contributed by atoms with Crippen LogP contribution in [0, 0.1) is 17.2 Å². The molecule has 2 aliphatic rings. The number of nitriles is 1. The van der Waals surface area contributed by atoms with Crippen LogP contribution >= 0.6 is 0 Å². The minimum atomic E-state index is 0.288. The molecule has 1 fully saturated rings. The van der Waals surface area contributed by atoms with Crippen LogP contribution in [0.15, 0.2) is 42.5 Å². The minimum Gasteiger partial charge on any atom is -0.313 e. The van der Waals surface area contributed by atoms with Crippen LogP contribution in [0.5, 0.6) is 0 Å². The third-order valence-electron chi connectivity index (χ3n) is 6.14. The van der Waals surface area contributed by atoms with Gasteiger partial charge in [-0.05, 0) is 65.1 Å². The molecule has 0 amide bonds. The maximum Gasteiger partial charge on any atom is 0.0991 e. The van der Waals surface area contributed by atoms with Crippen LogP contribution < -0.4 is 5.32 Å². The predicted molar refractivity (Wildman–Crippen MR) is 93.2 cm³/mol. The highest BCUT2D eigenvalue weighted by Gasteiger charge is 2.45. The second-order valence-electron chi connectivity index (χ2n) is 7.29. The number of nitrogens with zero attached hydrogens (tertiary/aromatic N) is 1. The van der Waals surface area contributed by atoms with Crippen LogP contribution in [0.2, 0.25) is 0 Å². The number of hydrogen-bond acceptors (Lipinski definition) is 2. The molecule has 2 heteroatoms. The third-order valence-corrected chi connectivity index (χ3v) is 6.14. The largest absolute Gasteiger partial charge is 0.313 e. The molecule has 2 aromatic rings. The molecule has 2 bridgehead atoms. The lowest BCUT2D eigenvalue weighted by molar-refractivity contribution is 0.158. The van der Waals surface area contributed by atoms with Gasteiger partial charge in [-0.25, -0.2) is 0 Å². The van der Waals surface area contributed by atoms with Crippen LogP contribution in [0.25, 0.3) is 11.1 Å². The number of fused-ring (bicyclic) bond motifs is 4. The van der Waals surface area contributed by atoms with E-state index in [1.807, 2.05) is 18.2 Å². The summed E-state index contributed by atoms with van der Waals surface area (Å²) in [5, 5.41) is 12.8. The zero-order valence-electron chi connectivity index (χ0n) is 13.8. The molecule has 1 saturated heterocycles. The Morgan fingerprint density at radius 2 is 2.00 bits per heavy atom. The van der Waals surface area contributed by atoms with Crippen LogP contribution in [-0.2, 0) is 11.8 Å². The van der Waals surface area contributed by atoms with Crippen LogP contribution in [-0.4, -0.2) is 12.6 Å². The maximum atomic E-state index is 9.11.